The number of rotatable bonds is 2. The number of anilines is 1. The van der Waals surface area contributed by atoms with E-state index in [4.69, 9.17) is 11.6 Å². The molecule has 0 radical (unpaired) electrons. The molecule has 0 saturated carbocycles. The Hall–Kier alpha value is -0.830. The second kappa shape index (κ2) is 4.35. The summed E-state index contributed by atoms with van der Waals surface area (Å²) in [5.41, 5.74) is 0. The van der Waals surface area contributed by atoms with Crippen LogP contribution in [0.4, 0.5) is 5.82 Å². The van der Waals surface area contributed by atoms with Gasteiger partial charge in [-0.25, -0.2) is 9.97 Å². The maximum atomic E-state index is 5.87. The van der Waals surface area contributed by atoms with Crippen molar-refractivity contribution in [2.45, 2.75) is 32.7 Å². The van der Waals surface area contributed by atoms with Crippen molar-refractivity contribution in [3.05, 3.63) is 17.5 Å². The van der Waals surface area contributed by atoms with Crippen LogP contribution in [0.5, 0.6) is 0 Å². The Balaban J connectivity index is 2.22. The number of halogens is 1. The molecule has 1 unspecified atom stereocenters. The van der Waals surface area contributed by atoms with Gasteiger partial charge in [0, 0.05) is 18.7 Å². The van der Waals surface area contributed by atoms with Crippen LogP contribution in [0.2, 0.25) is 5.15 Å². The van der Waals surface area contributed by atoms with Crippen LogP contribution in [-0.4, -0.2) is 22.6 Å². The zero-order valence-corrected chi connectivity index (χ0v) is 9.91. The molecule has 2 rings (SSSR count). The summed E-state index contributed by atoms with van der Waals surface area (Å²) < 4.78 is 0. The minimum atomic E-state index is 0.523. The van der Waals surface area contributed by atoms with E-state index in [9.17, 15) is 0 Å². The van der Waals surface area contributed by atoms with Gasteiger partial charge < -0.3 is 4.90 Å². The lowest BCUT2D eigenvalue weighted by Gasteiger charge is -2.28. The van der Waals surface area contributed by atoms with E-state index >= 15 is 0 Å². The fraction of sp³-hybridized carbons (Fsp3) is 0.636. The molecular weight excluding hydrogens is 210 g/mol. The van der Waals surface area contributed by atoms with Gasteiger partial charge in [0.15, 0.2) is 0 Å². The predicted molar refractivity (Wildman–Crippen MR) is 62.2 cm³/mol. The lowest BCUT2D eigenvalue weighted by Crippen LogP contribution is -2.33. The van der Waals surface area contributed by atoms with Gasteiger partial charge in [-0.15, -0.1) is 0 Å². The molecule has 15 heavy (non-hydrogen) atoms. The normalized spacial score (nSPS) is 21.3. The molecule has 1 aliphatic rings. The third-order valence-electron chi connectivity index (χ3n) is 2.98. The third-order valence-corrected chi connectivity index (χ3v) is 3.19. The van der Waals surface area contributed by atoms with Gasteiger partial charge in [-0.1, -0.05) is 25.4 Å². The highest BCUT2D eigenvalue weighted by Crippen LogP contribution is 2.28. The minimum absolute atomic E-state index is 0.523. The van der Waals surface area contributed by atoms with Crippen LogP contribution in [0.3, 0.4) is 0 Å². The fourth-order valence-corrected chi connectivity index (χ4v) is 2.39. The average molecular weight is 226 g/mol. The van der Waals surface area contributed by atoms with Crippen LogP contribution in [0.1, 0.15) is 26.7 Å². The molecule has 0 spiro atoms. The van der Waals surface area contributed by atoms with Gasteiger partial charge in [0.25, 0.3) is 0 Å². The van der Waals surface area contributed by atoms with Crippen molar-refractivity contribution in [2.24, 2.45) is 5.92 Å². The third kappa shape index (κ3) is 2.23. The summed E-state index contributed by atoms with van der Waals surface area (Å²) >= 11 is 5.87. The van der Waals surface area contributed by atoms with Crippen molar-refractivity contribution in [1.29, 1.82) is 0 Å². The van der Waals surface area contributed by atoms with E-state index in [1.54, 1.807) is 0 Å². The predicted octanol–water partition coefficient (Wildman–Crippen LogP) is 2.75. The molecule has 1 aromatic rings. The Morgan fingerprint density at radius 1 is 1.47 bits per heavy atom. The van der Waals surface area contributed by atoms with Crippen LogP contribution in [-0.2, 0) is 0 Å². The molecule has 0 bridgehead atoms. The number of aromatic nitrogens is 2. The van der Waals surface area contributed by atoms with Crippen LogP contribution in [0, 0.1) is 5.92 Å². The highest BCUT2D eigenvalue weighted by atomic mass is 35.5. The van der Waals surface area contributed by atoms with Gasteiger partial charge in [0.05, 0.1) is 0 Å². The van der Waals surface area contributed by atoms with Gasteiger partial charge in [0.1, 0.15) is 17.3 Å². The number of hydrogen-bond acceptors (Lipinski definition) is 3. The summed E-state index contributed by atoms with van der Waals surface area (Å²) in [6.07, 6.45) is 4.02. The van der Waals surface area contributed by atoms with Crippen LogP contribution < -0.4 is 4.90 Å². The van der Waals surface area contributed by atoms with Gasteiger partial charge in [-0.2, -0.15) is 0 Å². The quantitative estimate of drug-likeness (QED) is 0.725. The maximum absolute atomic E-state index is 5.87. The molecule has 3 nitrogen and oxygen atoms in total. The number of nitrogens with zero attached hydrogens (tertiary/aromatic N) is 3. The van der Waals surface area contributed by atoms with E-state index in [0.717, 1.165) is 12.4 Å². The van der Waals surface area contributed by atoms with Crippen LogP contribution in [0.15, 0.2) is 12.4 Å². The topological polar surface area (TPSA) is 29.0 Å². The Kier molecular flexibility index (Phi) is 3.10. The van der Waals surface area contributed by atoms with Crippen molar-refractivity contribution in [2.75, 3.05) is 11.4 Å². The summed E-state index contributed by atoms with van der Waals surface area (Å²) in [5, 5.41) is 0.523. The van der Waals surface area contributed by atoms with Gasteiger partial charge in [0.2, 0.25) is 0 Å². The van der Waals surface area contributed by atoms with Crippen molar-refractivity contribution in [3.8, 4) is 0 Å². The summed E-state index contributed by atoms with van der Waals surface area (Å²) in [7, 11) is 0. The van der Waals surface area contributed by atoms with Gasteiger partial charge in [-0.3, -0.25) is 0 Å². The smallest absolute Gasteiger partial charge is 0.134 e. The summed E-state index contributed by atoms with van der Waals surface area (Å²) in [4.78, 5) is 10.5. The van der Waals surface area contributed by atoms with Gasteiger partial charge in [-0.05, 0) is 18.8 Å². The van der Waals surface area contributed by atoms with Crippen LogP contribution >= 0.6 is 11.6 Å². The molecule has 1 atom stereocenters. The highest BCUT2D eigenvalue weighted by molar-refractivity contribution is 6.29. The van der Waals surface area contributed by atoms with Crippen LogP contribution in [0.25, 0.3) is 0 Å². The largest absolute Gasteiger partial charge is 0.353 e. The first-order chi connectivity index (χ1) is 7.18. The molecule has 82 valence electrons. The zero-order valence-electron chi connectivity index (χ0n) is 9.15. The van der Waals surface area contributed by atoms with E-state index in [1.165, 1.54) is 19.2 Å². The van der Waals surface area contributed by atoms with E-state index < -0.39 is 0 Å². The molecule has 4 heteroatoms. The molecule has 1 aliphatic heterocycles. The highest BCUT2D eigenvalue weighted by Gasteiger charge is 2.27. The van der Waals surface area contributed by atoms with E-state index in [1.807, 2.05) is 6.07 Å². The summed E-state index contributed by atoms with van der Waals surface area (Å²) in [6, 6.07) is 2.44. The molecule has 1 fully saturated rings. The number of hydrogen-bond donors (Lipinski definition) is 0. The summed E-state index contributed by atoms with van der Waals surface area (Å²) in [5.74, 6) is 1.62. The SMILES string of the molecule is CC(C)C1CCCN1c1cc(Cl)ncn1. The molecule has 2 heterocycles. The molecule has 0 aromatic carbocycles. The molecule has 0 N–H and O–H groups in total. The lowest BCUT2D eigenvalue weighted by atomic mass is 10.0. The Bertz CT molecular complexity index is 340. The summed E-state index contributed by atoms with van der Waals surface area (Å²) in [6.45, 7) is 5.59. The average Bonchev–Trinajstić information content (AvgIpc) is 2.65. The van der Waals surface area contributed by atoms with Crippen molar-refractivity contribution >= 4 is 17.4 Å². The maximum Gasteiger partial charge on any atom is 0.134 e. The minimum Gasteiger partial charge on any atom is -0.353 e. The Morgan fingerprint density at radius 3 is 2.93 bits per heavy atom. The lowest BCUT2D eigenvalue weighted by molar-refractivity contribution is 0.489. The molecule has 0 aliphatic carbocycles. The first-order valence-corrected chi connectivity index (χ1v) is 5.80. The van der Waals surface area contributed by atoms with E-state index in [-0.39, 0.29) is 0 Å². The fourth-order valence-electron chi connectivity index (χ4n) is 2.25. The Morgan fingerprint density at radius 2 is 2.27 bits per heavy atom. The Labute approximate surface area is 95.5 Å². The zero-order chi connectivity index (χ0) is 10.8. The van der Waals surface area contributed by atoms with Crippen molar-refractivity contribution < 1.29 is 0 Å². The molecule has 0 amide bonds. The molecule has 1 aromatic heterocycles. The first-order valence-electron chi connectivity index (χ1n) is 5.42. The van der Waals surface area contributed by atoms with Crippen molar-refractivity contribution in [3.63, 3.8) is 0 Å². The van der Waals surface area contributed by atoms with E-state index in [0.29, 0.717) is 17.1 Å². The van der Waals surface area contributed by atoms with Crippen molar-refractivity contribution in [1.82, 2.24) is 9.97 Å². The first kappa shape index (κ1) is 10.7. The van der Waals surface area contributed by atoms with Gasteiger partial charge >= 0.3 is 0 Å². The monoisotopic (exact) mass is 225 g/mol. The second-order valence-electron chi connectivity index (χ2n) is 4.35. The van der Waals surface area contributed by atoms with E-state index in [2.05, 4.69) is 28.7 Å². The molecule has 1 saturated heterocycles. The second-order valence-corrected chi connectivity index (χ2v) is 4.73. The molecular formula is C11H16ClN3. The standard InChI is InChI=1S/C11H16ClN3/c1-8(2)9-4-3-5-15(9)11-6-10(12)13-7-14-11/h6-9H,3-5H2,1-2H3.